The highest BCUT2D eigenvalue weighted by Gasteiger charge is 2.18. The lowest BCUT2D eigenvalue weighted by Gasteiger charge is -2.11. The number of hydrogen-bond acceptors (Lipinski definition) is 4. The van der Waals surface area contributed by atoms with Crippen LogP contribution in [0.5, 0.6) is 5.75 Å². The fraction of sp³-hybridized carbons (Fsp3) is 0.182. The average molecular weight is 374 g/mol. The lowest BCUT2D eigenvalue weighted by atomic mass is 10.1. The van der Waals surface area contributed by atoms with Crippen LogP contribution in [0.2, 0.25) is 0 Å². The van der Waals surface area contributed by atoms with Gasteiger partial charge in [-0.1, -0.05) is 42.5 Å². The molecule has 6 nitrogen and oxygen atoms in total. The third kappa shape index (κ3) is 3.42. The number of para-hydroxylation sites is 2. The second-order valence-electron chi connectivity index (χ2n) is 6.65. The van der Waals surface area contributed by atoms with Gasteiger partial charge >= 0.3 is 0 Å². The number of hydrogen-bond donors (Lipinski definition) is 1. The van der Waals surface area contributed by atoms with E-state index < -0.39 is 6.10 Å². The summed E-state index contributed by atoms with van der Waals surface area (Å²) in [6, 6.07) is 17.8. The fourth-order valence-corrected chi connectivity index (χ4v) is 3.31. The summed E-state index contributed by atoms with van der Waals surface area (Å²) < 4.78 is 9.22. The summed E-state index contributed by atoms with van der Waals surface area (Å²) in [5.74, 6) is 0.748. The topological polar surface area (TPSA) is 65.1 Å². The van der Waals surface area contributed by atoms with Crippen LogP contribution in [0.25, 0.3) is 28.2 Å². The van der Waals surface area contributed by atoms with Gasteiger partial charge in [-0.3, -0.25) is 0 Å². The molecule has 2 aromatic carbocycles. The molecule has 4 rings (SSSR count). The second-order valence-corrected chi connectivity index (χ2v) is 6.65. The summed E-state index contributed by atoms with van der Waals surface area (Å²) in [7, 11) is 1.65. The lowest BCUT2D eigenvalue weighted by molar-refractivity contribution is 0.174. The first-order valence-corrected chi connectivity index (χ1v) is 9.14. The van der Waals surface area contributed by atoms with Crippen molar-refractivity contribution in [2.24, 2.45) is 0 Å². The summed E-state index contributed by atoms with van der Waals surface area (Å²) in [6.45, 7) is 2.22. The van der Waals surface area contributed by atoms with Crippen molar-refractivity contribution in [3.05, 3.63) is 73.3 Å². The average Bonchev–Trinajstić information content (AvgIpc) is 3.35. The van der Waals surface area contributed by atoms with E-state index in [0.717, 1.165) is 34.0 Å². The highest BCUT2D eigenvalue weighted by atomic mass is 16.5. The van der Waals surface area contributed by atoms with E-state index in [9.17, 15) is 5.11 Å². The molecule has 0 aliphatic carbocycles. The number of nitrogens with zero attached hydrogens (tertiary/aromatic N) is 4. The number of aliphatic hydroxyl groups is 1. The largest absolute Gasteiger partial charge is 0.494 e. The number of imidazole rings is 1. The Morgan fingerprint density at radius 3 is 2.54 bits per heavy atom. The zero-order valence-electron chi connectivity index (χ0n) is 15.9. The third-order valence-corrected chi connectivity index (χ3v) is 4.53. The van der Waals surface area contributed by atoms with Gasteiger partial charge in [0.2, 0.25) is 0 Å². The number of rotatable bonds is 6. The molecule has 0 bridgehead atoms. The minimum Gasteiger partial charge on any atom is -0.494 e. The Kier molecular flexibility index (Phi) is 4.95. The van der Waals surface area contributed by atoms with Gasteiger partial charge in [-0.15, -0.1) is 0 Å². The van der Waals surface area contributed by atoms with Crippen LogP contribution in [-0.4, -0.2) is 37.7 Å². The maximum Gasteiger partial charge on any atom is 0.144 e. The van der Waals surface area contributed by atoms with Crippen LogP contribution in [0.1, 0.15) is 6.92 Å². The molecule has 0 saturated carbocycles. The van der Waals surface area contributed by atoms with Gasteiger partial charge < -0.3 is 14.4 Å². The van der Waals surface area contributed by atoms with Gasteiger partial charge in [0, 0.05) is 23.9 Å². The van der Waals surface area contributed by atoms with E-state index in [1.165, 1.54) is 0 Å². The van der Waals surface area contributed by atoms with E-state index in [-0.39, 0.29) is 0 Å². The zero-order valence-corrected chi connectivity index (χ0v) is 15.9. The molecule has 2 heterocycles. The summed E-state index contributed by atoms with van der Waals surface area (Å²) in [6.07, 6.45) is 5.06. The SMILES string of the molecule is COc1ccccc1-n1cc(-c2c(-c3ccccc3)ncn2C[C@H](C)O)cn1. The molecule has 0 aliphatic heterocycles. The first-order valence-electron chi connectivity index (χ1n) is 9.14. The second kappa shape index (κ2) is 7.70. The Balaban J connectivity index is 1.83. The maximum absolute atomic E-state index is 9.92. The van der Waals surface area contributed by atoms with Gasteiger partial charge in [0.15, 0.2) is 0 Å². The van der Waals surface area contributed by atoms with Crippen molar-refractivity contribution in [1.82, 2.24) is 19.3 Å². The Morgan fingerprint density at radius 1 is 1.04 bits per heavy atom. The van der Waals surface area contributed by atoms with Crippen molar-refractivity contribution >= 4 is 0 Å². The molecule has 6 heteroatoms. The molecule has 28 heavy (non-hydrogen) atoms. The summed E-state index contributed by atoms with van der Waals surface area (Å²) in [5.41, 5.74) is 4.59. The molecule has 0 aliphatic rings. The number of aliphatic hydroxyl groups excluding tert-OH is 1. The minimum absolute atomic E-state index is 0.453. The molecule has 0 saturated heterocycles. The van der Waals surface area contributed by atoms with Crippen LogP contribution in [0.15, 0.2) is 73.3 Å². The summed E-state index contributed by atoms with van der Waals surface area (Å²) in [5, 5.41) is 14.5. The Morgan fingerprint density at radius 2 is 1.79 bits per heavy atom. The predicted octanol–water partition coefficient (Wildman–Crippen LogP) is 3.79. The molecule has 0 amide bonds. The molecule has 1 atom stereocenters. The highest BCUT2D eigenvalue weighted by Crippen LogP contribution is 2.32. The summed E-state index contributed by atoms with van der Waals surface area (Å²) >= 11 is 0. The molecule has 0 spiro atoms. The van der Waals surface area contributed by atoms with Crippen molar-refractivity contribution < 1.29 is 9.84 Å². The van der Waals surface area contributed by atoms with Gasteiger partial charge in [-0.05, 0) is 19.1 Å². The number of aromatic nitrogens is 4. The fourth-order valence-electron chi connectivity index (χ4n) is 3.31. The van der Waals surface area contributed by atoms with Crippen LogP contribution >= 0.6 is 0 Å². The van der Waals surface area contributed by atoms with Crippen LogP contribution in [-0.2, 0) is 6.54 Å². The molecule has 0 unspecified atom stereocenters. The van der Waals surface area contributed by atoms with Crippen LogP contribution in [0.4, 0.5) is 0 Å². The Hall–Kier alpha value is -3.38. The van der Waals surface area contributed by atoms with Crippen molar-refractivity contribution in [2.75, 3.05) is 7.11 Å². The maximum atomic E-state index is 9.92. The van der Waals surface area contributed by atoms with Crippen molar-refractivity contribution in [2.45, 2.75) is 19.6 Å². The minimum atomic E-state index is -0.485. The predicted molar refractivity (Wildman–Crippen MR) is 108 cm³/mol. The van der Waals surface area contributed by atoms with Crippen LogP contribution < -0.4 is 4.74 Å². The van der Waals surface area contributed by atoms with Crippen molar-refractivity contribution in [1.29, 1.82) is 0 Å². The molecule has 0 radical (unpaired) electrons. The molecule has 2 aromatic heterocycles. The molecular weight excluding hydrogens is 352 g/mol. The molecule has 0 fully saturated rings. The Bertz CT molecular complexity index is 1070. The smallest absolute Gasteiger partial charge is 0.144 e. The molecule has 4 aromatic rings. The lowest BCUT2D eigenvalue weighted by Crippen LogP contribution is -2.11. The molecule has 142 valence electrons. The van der Waals surface area contributed by atoms with E-state index in [1.807, 2.05) is 71.6 Å². The number of methoxy groups -OCH3 is 1. The Labute approximate surface area is 163 Å². The monoisotopic (exact) mass is 374 g/mol. The van der Waals surface area contributed by atoms with Crippen molar-refractivity contribution in [3.63, 3.8) is 0 Å². The van der Waals surface area contributed by atoms with Crippen LogP contribution in [0, 0.1) is 0 Å². The van der Waals surface area contributed by atoms with E-state index in [4.69, 9.17) is 4.74 Å². The van der Waals surface area contributed by atoms with Crippen molar-refractivity contribution in [3.8, 4) is 34.0 Å². The normalized spacial score (nSPS) is 12.1. The quantitative estimate of drug-likeness (QED) is 0.558. The van der Waals surface area contributed by atoms with E-state index in [1.54, 1.807) is 25.0 Å². The van der Waals surface area contributed by atoms with E-state index >= 15 is 0 Å². The summed E-state index contributed by atoms with van der Waals surface area (Å²) in [4.78, 5) is 4.62. The van der Waals surface area contributed by atoms with Gasteiger partial charge in [-0.2, -0.15) is 5.10 Å². The van der Waals surface area contributed by atoms with Crippen LogP contribution in [0.3, 0.4) is 0 Å². The van der Waals surface area contributed by atoms with E-state index in [0.29, 0.717) is 6.54 Å². The highest BCUT2D eigenvalue weighted by molar-refractivity contribution is 5.78. The molecular formula is C22H22N4O2. The van der Waals surface area contributed by atoms with Gasteiger partial charge in [0.1, 0.15) is 11.4 Å². The molecule has 1 N–H and O–H groups in total. The number of ether oxygens (including phenoxy) is 1. The zero-order chi connectivity index (χ0) is 19.5. The third-order valence-electron chi connectivity index (χ3n) is 4.53. The van der Waals surface area contributed by atoms with Gasteiger partial charge in [0.05, 0.1) is 37.1 Å². The first-order chi connectivity index (χ1) is 13.7. The van der Waals surface area contributed by atoms with E-state index in [2.05, 4.69) is 10.1 Å². The standard InChI is InChI=1S/C22H22N4O2/c1-16(27)13-25-15-23-21(17-8-4-3-5-9-17)22(25)18-12-24-26(14-18)19-10-6-7-11-20(19)28-2/h3-12,14-16,27H,13H2,1-2H3/t16-/m0/s1. The van der Waals surface area contributed by atoms with Gasteiger partial charge in [-0.25, -0.2) is 9.67 Å². The first kappa shape index (κ1) is 18.0. The van der Waals surface area contributed by atoms with Gasteiger partial charge in [0.25, 0.3) is 0 Å². The number of benzene rings is 2.